The molecule has 0 aliphatic heterocycles. The van der Waals surface area contributed by atoms with E-state index >= 15 is 0 Å². The molecule has 0 aromatic rings. The molecule has 0 fully saturated rings. The van der Waals surface area contributed by atoms with E-state index in [1.165, 1.54) is 25.7 Å². The standard InChI is InChI=1S/C8H13B2IO/c11-9-10-12-8-6-4-2-1-3-5-7-8/h1-2,8H,3-7H2/b2-1+. The van der Waals surface area contributed by atoms with Gasteiger partial charge in [0.15, 0.2) is 5.03 Å². The first kappa shape index (κ1) is 10.6. The number of halogens is 1. The molecule has 2 radical (unpaired) electrons. The van der Waals surface area contributed by atoms with Crippen LogP contribution in [0.15, 0.2) is 12.2 Å². The Labute approximate surface area is 89.7 Å². The zero-order valence-corrected chi connectivity index (χ0v) is 9.37. The van der Waals surface area contributed by atoms with E-state index in [0.29, 0.717) is 6.10 Å². The topological polar surface area (TPSA) is 9.23 Å². The molecular weight excluding hydrogens is 261 g/mol. The molecule has 1 atom stereocenters. The van der Waals surface area contributed by atoms with Crippen molar-refractivity contribution in [3.63, 3.8) is 0 Å². The van der Waals surface area contributed by atoms with Gasteiger partial charge in [0.1, 0.15) is 0 Å². The van der Waals surface area contributed by atoms with Crippen LogP contribution in [0.5, 0.6) is 0 Å². The summed E-state index contributed by atoms with van der Waals surface area (Å²) in [7, 11) is 1.80. The van der Waals surface area contributed by atoms with Crippen molar-refractivity contribution in [3.8, 4) is 0 Å². The van der Waals surface area contributed by atoms with Gasteiger partial charge < -0.3 is 4.65 Å². The molecule has 12 heavy (non-hydrogen) atoms. The fourth-order valence-electron chi connectivity index (χ4n) is 1.40. The molecule has 1 unspecified atom stereocenters. The zero-order valence-electron chi connectivity index (χ0n) is 7.21. The molecule has 0 saturated heterocycles. The Hall–Kier alpha value is 0.560. The zero-order chi connectivity index (χ0) is 8.65. The molecule has 64 valence electrons. The molecule has 0 aromatic heterocycles. The van der Waals surface area contributed by atoms with E-state index in [1.54, 1.807) is 7.37 Å². The molecule has 0 bridgehead atoms. The van der Waals surface area contributed by atoms with Gasteiger partial charge >= 0.3 is 0 Å². The highest BCUT2D eigenvalue weighted by Crippen LogP contribution is 2.14. The van der Waals surface area contributed by atoms with Gasteiger partial charge in [-0.1, -0.05) is 12.2 Å². The minimum atomic E-state index is 0.445. The molecular formula is C8H13B2IO. The first-order chi connectivity index (χ1) is 5.93. The van der Waals surface area contributed by atoms with E-state index < -0.39 is 0 Å². The minimum Gasteiger partial charge on any atom is -0.447 e. The third-order valence-corrected chi connectivity index (χ3v) is 2.33. The van der Waals surface area contributed by atoms with E-state index in [1.807, 2.05) is 5.03 Å². The molecule has 1 aliphatic carbocycles. The molecule has 0 saturated carbocycles. The Balaban J connectivity index is 2.18. The Bertz CT molecular complexity index is 141. The van der Waals surface area contributed by atoms with Gasteiger partial charge in [-0.25, -0.2) is 0 Å². The lowest BCUT2D eigenvalue weighted by Gasteiger charge is -2.17. The highest BCUT2D eigenvalue weighted by molar-refractivity contribution is 14.1. The van der Waals surface area contributed by atoms with Crippen molar-refractivity contribution in [2.45, 2.75) is 38.2 Å². The second kappa shape index (κ2) is 7.01. The van der Waals surface area contributed by atoms with Crippen LogP contribution in [0.4, 0.5) is 0 Å². The SMILES string of the molecule is I[B][B]OC1CC/C=C/CCC1. The molecule has 1 rings (SSSR count). The lowest BCUT2D eigenvalue weighted by Crippen LogP contribution is -2.18. The highest BCUT2D eigenvalue weighted by Gasteiger charge is 2.08. The van der Waals surface area contributed by atoms with Crippen molar-refractivity contribution in [1.29, 1.82) is 0 Å². The van der Waals surface area contributed by atoms with Gasteiger partial charge in [0.25, 0.3) is 7.37 Å². The highest BCUT2D eigenvalue weighted by atomic mass is 127. The van der Waals surface area contributed by atoms with Gasteiger partial charge in [-0.3, -0.25) is 0 Å². The van der Waals surface area contributed by atoms with Crippen LogP contribution in [-0.2, 0) is 4.65 Å². The second-order valence-corrected chi connectivity index (χ2v) is 3.72. The Morgan fingerprint density at radius 2 is 2.08 bits per heavy atom. The summed E-state index contributed by atoms with van der Waals surface area (Å²) in [5.41, 5.74) is 0. The number of hydrogen-bond donors (Lipinski definition) is 0. The first-order valence-electron chi connectivity index (χ1n) is 4.49. The summed E-state index contributed by atoms with van der Waals surface area (Å²) in [6.07, 6.45) is 11.0. The van der Waals surface area contributed by atoms with Gasteiger partial charge in [-0.2, -0.15) is 22.4 Å². The van der Waals surface area contributed by atoms with E-state index in [0.717, 1.165) is 6.42 Å². The van der Waals surface area contributed by atoms with Gasteiger partial charge in [-0.05, 0) is 32.1 Å². The van der Waals surface area contributed by atoms with Crippen molar-refractivity contribution in [1.82, 2.24) is 0 Å². The van der Waals surface area contributed by atoms with Gasteiger partial charge in [0, 0.05) is 6.10 Å². The third kappa shape index (κ3) is 4.55. The Morgan fingerprint density at radius 3 is 2.92 bits per heavy atom. The number of allylic oxidation sites excluding steroid dienone is 2. The Kier molecular flexibility index (Phi) is 6.22. The van der Waals surface area contributed by atoms with Crippen LogP contribution in [0.25, 0.3) is 0 Å². The van der Waals surface area contributed by atoms with Crippen molar-refractivity contribution >= 4 is 34.8 Å². The van der Waals surface area contributed by atoms with Crippen molar-refractivity contribution in [3.05, 3.63) is 12.2 Å². The van der Waals surface area contributed by atoms with E-state index in [9.17, 15) is 0 Å². The smallest absolute Gasteiger partial charge is 0.256 e. The lowest BCUT2D eigenvalue weighted by molar-refractivity contribution is 0.192. The van der Waals surface area contributed by atoms with Crippen LogP contribution in [0.1, 0.15) is 32.1 Å². The summed E-state index contributed by atoms with van der Waals surface area (Å²) in [5.74, 6) is 0. The van der Waals surface area contributed by atoms with Crippen LogP contribution in [0, 0.1) is 0 Å². The predicted molar refractivity (Wildman–Crippen MR) is 62.6 cm³/mol. The van der Waals surface area contributed by atoms with E-state index in [2.05, 4.69) is 34.5 Å². The Morgan fingerprint density at radius 1 is 1.25 bits per heavy atom. The average Bonchev–Trinajstić information content (AvgIpc) is 2.02. The molecule has 1 aliphatic rings. The lowest BCUT2D eigenvalue weighted by atomic mass is 9.71. The van der Waals surface area contributed by atoms with Gasteiger partial charge in [0.2, 0.25) is 0 Å². The summed E-state index contributed by atoms with van der Waals surface area (Å²) in [4.78, 5) is 0. The van der Waals surface area contributed by atoms with Gasteiger partial charge in [-0.15, -0.1) is 0 Å². The molecule has 0 aromatic carbocycles. The summed E-state index contributed by atoms with van der Waals surface area (Å²) < 4.78 is 5.55. The second-order valence-electron chi connectivity index (χ2n) is 3.00. The average molecular weight is 274 g/mol. The minimum absolute atomic E-state index is 0.445. The van der Waals surface area contributed by atoms with Crippen molar-refractivity contribution in [2.24, 2.45) is 0 Å². The number of hydrogen-bond acceptors (Lipinski definition) is 1. The monoisotopic (exact) mass is 274 g/mol. The van der Waals surface area contributed by atoms with E-state index in [4.69, 9.17) is 4.65 Å². The van der Waals surface area contributed by atoms with Gasteiger partial charge in [0.05, 0.1) is 0 Å². The predicted octanol–water partition coefficient (Wildman–Crippen LogP) is 2.48. The molecule has 4 heteroatoms. The maximum Gasteiger partial charge on any atom is 0.256 e. The quantitative estimate of drug-likeness (QED) is 0.436. The maximum absolute atomic E-state index is 5.55. The van der Waals surface area contributed by atoms with Crippen LogP contribution >= 0.6 is 22.4 Å². The van der Waals surface area contributed by atoms with Crippen molar-refractivity contribution in [2.75, 3.05) is 0 Å². The summed E-state index contributed by atoms with van der Waals surface area (Å²) in [6, 6.07) is 0. The van der Waals surface area contributed by atoms with Crippen LogP contribution in [0.3, 0.4) is 0 Å². The van der Waals surface area contributed by atoms with Crippen LogP contribution in [-0.4, -0.2) is 18.5 Å². The summed E-state index contributed by atoms with van der Waals surface area (Å²) in [6.45, 7) is 0. The van der Waals surface area contributed by atoms with Crippen LogP contribution < -0.4 is 0 Å². The molecule has 0 amide bonds. The fourth-order valence-corrected chi connectivity index (χ4v) is 1.57. The number of rotatable bonds is 3. The van der Waals surface area contributed by atoms with E-state index in [-0.39, 0.29) is 0 Å². The largest absolute Gasteiger partial charge is 0.447 e. The third-order valence-electron chi connectivity index (χ3n) is 2.04. The molecule has 1 nitrogen and oxygen atoms in total. The van der Waals surface area contributed by atoms with Crippen molar-refractivity contribution < 1.29 is 4.65 Å². The summed E-state index contributed by atoms with van der Waals surface area (Å²) in [5, 5.41) is 1.92. The fraction of sp³-hybridized carbons (Fsp3) is 0.750. The first-order valence-corrected chi connectivity index (χ1v) is 5.73. The summed E-state index contributed by atoms with van der Waals surface area (Å²) >= 11 is 2.18. The molecule has 0 N–H and O–H groups in total. The molecule has 0 spiro atoms. The van der Waals surface area contributed by atoms with Crippen LogP contribution in [0.2, 0.25) is 0 Å². The normalized spacial score (nSPS) is 26.9. The molecule has 0 heterocycles. The maximum atomic E-state index is 5.55.